The van der Waals surface area contributed by atoms with E-state index in [1.165, 1.54) is 51.4 Å². The van der Waals surface area contributed by atoms with Crippen molar-refractivity contribution in [3.05, 3.63) is 109 Å². The number of likely N-dealkylation sites (N-methyl/N-ethyl adjacent to an activating group) is 1. The molecule has 0 heterocycles. The molecule has 1 amide bonds. The number of aliphatic hydroxyl groups is 1. The molecule has 0 rings (SSSR count). The monoisotopic (exact) mass is 841 g/mol. The summed E-state index contributed by atoms with van der Waals surface area (Å²) in [5, 5.41) is 13.7. The van der Waals surface area contributed by atoms with E-state index in [4.69, 9.17) is 9.05 Å². The number of allylic oxidation sites excluding steroid dienone is 17. The van der Waals surface area contributed by atoms with Crippen LogP contribution in [0.5, 0.6) is 0 Å². The van der Waals surface area contributed by atoms with Crippen molar-refractivity contribution < 1.29 is 32.9 Å². The van der Waals surface area contributed by atoms with Crippen molar-refractivity contribution in [2.45, 2.75) is 161 Å². The van der Waals surface area contributed by atoms with Crippen LogP contribution < -0.4 is 10.2 Å². The molecule has 336 valence electrons. The molecule has 0 spiro atoms. The number of hydrogen-bond donors (Lipinski definition) is 2. The van der Waals surface area contributed by atoms with Crippen molar-refractivity contribution in [3.8, 4) is 0 Å². The Hall–Kier alpha value is -2.84. The van der Waals surface area contributed by atoms with Gasteiger partial charge in [-0.25, -0.2) is 0 Å². The SMILES string of the molecule is CC/C=C\C/C=C\C/C=C\C/C=C\C/C=C\C/C=C\C/C=C\CCCC(=O)NC(COP(=O)([O-])OCC[N+](C)(C)C)C(O)/C=C/CC/C=C/CCCCCCCCCC. The first-order valence-electron chi connectivity index (χ1n) is 22.7. The van der Waals surface area contributed by atoms with Crippen LogP contribution in [0.15, 0.2) is 109 Å². The molecule has 0 bridgehead atoms. The van der Waals surface area contributed by atoms with Gasteiger partial charge in [0.2, 0.25) is 5.91 Å². The highest BCUT2D eigenvalue weighted by molar-refractivity contribution is 7.45. The van der Waals surface area contributed by atoms with Crippen LogP contribution in [-0.4, -0.2) is 68.5 Å². The van der Waals surface area contributed by atoms with Gasteiger partial charge in [-0.15, -0.1) is 0 Å². The van der Waals surface area contributed by atoms with Crippen molar-refractivity contribution in [1.29, 1.82) is 0 Å². The van der Waals surface area contributed by atoms with Gasteiger partial charge in [-0.05, 0) is 83.5 Å². The van der Waals surface area contributed by atoms with E-state index < -0.39 is 26.6 Å². The molecule has 2 N–H and O–H groups in total. The summed E-state index contributed by atoms with van der Waals surface area (Å²) in [5.41, 5.74) is 0. The predicted molar refractivity (Wildman–Crippen MR) is 251 cm³/mol. The lowest BCUT2D eigenvalue weighted by Gasteiger charge is -2.29. The molecule has 0 aromatic carbocycles. The lowest BCUT2D eigenvalue weighted by molar-refractivity contribution is -0.870. The molecule has 0 saturated carbocycles. The zero-order valence-electron chi connectivity index (χ0n) is 37.9. The van der Waals surface area contributed by atoms with E-state index in [2.05, 4.69) is 116 Å². The molecule has 9 heteroatoms. The highest BCUT2D eigenvalue weighted by Gasteiger charge is 2.23. The number of nitrogens with one attached hydrogen (secondary N) is 1. The predicted octanol–water partition coefficient (Wildman–Crippen LogP) is 12.3. The topological polar surface area (TPSA) is 108 Å². The molecule has 3 atom stereocenters. The maximum atomic E-state index is 12.8. The Balaban J connectivity index is 4.57. The standard InChI is InChI=1S/C50H85N2O6P/c1-6-8-10-12-14-16-18-20-22-23-24-25-26-27-28-29-30-32-34-36-38-40-42-44-50(54)51-48(47-58-59(55,56)57-46-45-52(3,4)5)49(53)43-41-39-37-35-33-31-21-19-17-15-13-11-9-7-2/h8,10,14,16,20,22,24-25,27-28,30,32-33,35-36,38,41,43,48-49,53H,6-7,9,11-13,15,17-19,21,23,26,29,31,34,37,39-40,42,44-47H2,1-5H3,(H-,51,54,55,56)/b10-8-,16-14-,22-20-,25-24-,28-27-,32-30-,35-33+,38-36-,43-41+. The number of amides is 1. The van der Waals surface area contributed by atoms with Gasteiger partial charge in [0.15, 0.2) is 0 Å². The molecule has 0 aliphatic heterocycles. The molecular formula is C50H85N2O6P. The molecular weight excluding hydrogens is 756 g/mol. The van der Waals surface area contributed by atoms with Gasteiger partial charge in [-0.1, -0.05) is 168 Å². The maximum Gasteiger partial charge on any atom is 0.268 e. The minimum absolute atomic E-state index is 0.0239. The van der Waals surface area contributed by atoms with E-state index >= 15 is 0 Å². The molecule has 0 fully saturated rings. The summed E-state index contributed by atoms with van der Waals surface area (Å²) >= 11 is 0. The van der Waals surface area contributed by atoms with Crippen LogP contribution in [0.3, 0.4) is 0 Å². The van der Waals surface area contributed by atoms with E-state index in [-0.39, 0.29) is 18.9 Å². The number of aliphatic hydroxyl groups excluding tert-OH is 1. The highest BCUT2D eigenvalue weighted by Crippen LogP contribution is 2.38. The second-order valence-corrected chi connectivity index (χ2v) is 17.4. The maximum absolute atomic E-state index is 12.8. The summed E-state index contributed by atoms with van der Waals surface area (Å²) in [6, 6.07) is -0.941. The average molecular weight is 841 g/mol. The van der Waals surface area contributed by atoms with E-state index in [0.29, 0.717) is 17.4 Å². The van der Waals surface area contributed by atoms with Crippen molar-refractivity contribution in [2.24, 2.45) is 0 Å². The third-order valence-corrected chi connectivity index (χ3v) is 10.2. The molecule has 0 radical (unpaired) electrons. The average Bonchev–Trinajstić information content (AvgIpc) is 3.19. The quantitative estimate of drug-likeness (QED) is 0.0276. The number of hydrogen-bond acceptors (Lipinski definition) is 6. The molecule has 59 heavy (non-hydrogen) atoms. The van der Waals surface area contributed by atoms with E-state index in [0.717, 1.165) is 70.6 Å². The normalized spacial score (nSPS) is 15.3. The molecule has 0 saturated heterocycles. The summed E-state index contributed by atoms with van der Waals surface area (Å²) in [4.78, 5) is 25.3. The van der Waals surface area contributed by atoms with E-state index in [1.54, 1.807) is 6.08 Å². The number of nitrogens with zero attached hydrogens (tertiary/aromatic N) is 1. The van der Waals surface area contributed by atoms with Gasteiger partial charge in [-0.2, -0.15) is 0 Å². The van der Waals surface area contributed by atoms with Gasteiger partial charge in [0, 0.05) is 6.42 Å². The first kappa shape index (κ1) is 56.2. The lowest BCUT2D eigenvalue weighted by Crippen LogP contribution is -2.45. The Morgan fingerprint density at radius 2 is 1.05 bits per heavy atom. The summed E-state index contributed by atoms with van der Waals surface area (Å²) in [5.74, 6) is -0.271. The third kappa shape index (κ3) is 43.1. The molecule has 0 aliphatic rings. The Labute approximate surface area is 361 Å². The molecule has 3 unspecified atom stereocenters. The molecule has 8 nitrogen and oxygen atoms in total. The van der Waals surface area contributed by atoms with Crippen LogP contribution in [0, 0.1) is 0 Å². The van der Waals surface area contributed by atoms with Crippen LogP contribution in [-0.2, 0) is 18.4 Å². The van der Waals surface area contributed by atoms with Crippen LogP contribution >= 0.6 is 7.82 Å². The second kappa shape index (κ2) is 40.6. The van der Waals surface area contributed by atoms with Crippen molar-refractivity contribution in [2.75, 3.05) is 40.9 Å². The molecule has 0 aromatic heterocycles. The summed E-state index contributed by atoms with van der Waals surface area (Å²) in [6.07, 6.45) is 58.6. The van der Waals surface area contributed by atoms with Crippen LogP contribution in [0.2, 0.25) is 0 Å². The number of unbranched alkanes of at least 4 members (excludes halogenated alkanes) is 10. The Kier molecular flexibility index (Phi) is 38.6. The number of quaternary nitrogens is 1. The van der Waals surface area contributed by atoms with E-state index in [1.807, 2.05) is 27.2 Å². The minimum Gasteiger partial charge on any atom is -0.756 e. The van der Waals surface area contributed by atoms with Gasteiger partial charge >= 0.3 is 0 Å². The van der Waals surface area contributed by atoms with Crippen molar-refractivity contribution in [1.82, 2.24) is 5.32 Å². The smallest absolute Gasteiger partial charge is 0.268 e. The summed E-state index contributed by atoms with van der Waals surface area (Å²) in [6.45, 7) is 4.42. The highest BCUT2D eigenvalue weighted by atomic mass is 31.2. The van der Waals surface area contributed by atoms with Gasteiger partial charge in [-0.3, -0.25) is 9.36 Å². The number of carbonyl (C=O) groups excluding carboxylic acids is 1. The Morgan fingerprint density at radius 3 is 1.58 bits per heavy atom. The lowest BCUT2D eigenvalue weighted by atomic mass is 10.1. The van der Waals surface area contributed by atoms with Crippen molar-refractivity contribution in [3.63, 3.8) is 0 Å². The van der Waals surface area contributed by atoms with Gasteiger partial charge < -0.3 is 28.8 Å². The Morgan fingerprint density at radius 1 is 0.610 bits per heavy atom. The largest absolute Gasteiger partial charge is 0.756 e. The van der Waals surface area contributed by atoms with Crippen LogP contribution in [0.4, 0.5) is 0 Å². The third-order valence-electron chi connectivity index (χ3n) is 9.22. The number of phosphoric ester groups is 1. The second-order valence-electron chi connectivity index (χ2n) is 16.0. The number of phosphoric acid groups is 1. The first-order chi connectivity index (χ1) is 28.5. The molecule has 0 aliphatic carbocycles. The Bertz CT molecular complexity index is 1320. The summed E-state index contributed by atoms with van der Waals surface area (Å²) < 4.78 is 23.1. The van der Waals surface area contributed by atoms with Gasteiger partial charge in [0.05, 0.1) is 39.9 Å². The fourth-order valence-electron chi connectivity index (χ4n) is 5.63. The van der Waals surface area contributed by atoms with Gasteiger partial charge in [0.25, 0.3) is 7.82 Å². The number of rotatable bonds is 39. The van der Waals surface area contributed by atoms with E-state index in [9.17, 15) is 19.4 Å². The van der Waals surface area contributed by atoms with Crippen LogP contribution in [0.25, 0.3) is 0 Å². The zero-order valence-corrected chi connectivity index (χ0v) is 38.8. The number of carbonyl (C=O) groups is 1. The first-order valence-corrected chi connectivity index (χ1v) is 24.2. The fourth-order valence-corrected chi connectivity index (χ4v) is 6.35. The summed E-state index contributed by atoms with van der Waals surface area (Å²) in [7, 11) is 1.18. The van der Waals surface area contributed by atoms with Crippen LogP contribution in [0.1, 0.15) is 149 Å². The van der Waals surface area contributed by atoms with Gasteiger partial charge in [0.1, 0.15) is 13.2 Å². The molecule has 0 aromatic rings. The van der Waals surface area contributed by atoms with Crippen molar-refractivity contribution >= 4 is 13.7 Å². The fraction of sp³-hybridized carbons (Fsp3) is 0.620. The zero-order chi connectivity index (χ0) is 43.6. The minimum atomic E-state index is -4.62.